The van der Waals surface area contributed by atoms with Crippen molar-refractivity contribution in [3.63, 3.8) is 0 Å². The lowest BCUT2D eigenvalue weighted by molar-refractivity contribution is 0.618. The van der Waals surface area contributed by atoms with Crippen LogP contribution in [-0.4, -0.2) is 4.98 Å². The molecule has 10 aromatic rings. The van der Waals surface area contributed by atoms with Gasteiger partial charge in [0.2, 0.25) is 5.89 Å². The Labute approximate surface area is 306 Å². The molecule has 10 rings (SSSR count). The van der Waals surface area contributed by atoms with Crippen LogP contribution in [-0.2, 0) is 0 Å². The van der Waals surface area contributed by atoms with E-state index in [1.807, 2.05) is 54.6 Å². The largest absolute Gasteiger partial charge is 0.454 e. The molecule has 0 aliphatic carbocycles. The summed E-state index contributed by atoms with van der Waals surface area (Å²) in [5, 5.41) is 2.00. The van der Waals surface area contributed by atoms with Crippen molar-refractivity contribution in [2.24, 2.45) is 0 Å². The molecule has 53 heavy (non-hydrogen) atoms. The summed E-state index contributed by atoms with van der Waals surface area (Å²) in [6.45, 7) is 0. The van der Waals surface area contributed by atoms with E-state index in [4.69, 9.17) is 13.8 Å². The first kappa shape index (κ1) is 30.6. The summed E-state index contributed by atoms with van der Waals surface area (Å²) in [6, 6.07) is 67.4. The second-order valence-electron chi connectivity index (χ2n) is 13.1. The first-order valence-corrected chi connectivity index (χ1v) is 17.8. The van der Waals surface area contributed by atoms with Crippen molar-refractivity contribution in [2.75, 3.05) is 4.90 Å². The van der Waals surface area contributed by atoms with Gasteiger partial charge in [-0.25, -0.2) is 4.98 Å². The highest BCUT2D eigenvalue weighted by atomic mass is 16.4. The Morgan fingerprint density at radius 1 is 0.377 bits per heavy atom. The van der Waals surface area contributed by atoms with Gasteiger partial charge >= 0.3 is 0 Å². The molecule has 0 spiro atoms. The quantitative estimate of drug-likeness (QED) is 0.168. The third-order valence-electron chi connectivity index (χ3n) is 9.91. The average molecular weight is 681 g/mol. The molecule has 250 valence electrons. The van der Waals surface area contributed by atoms with Gasteiger partial charge in [-0.05, 0) is 81.9 Å². The number of nitrogens with zero attached hydrogens (tertiary/aromatic N) is 2. The number of anilines is 3. The van der Waals surface area contributed by atoms with Crippen LogP contribution in [0.25, 0.3) is 77.9 Å². The van der Waals surface area contributed by atoms with E-state index >= 15 is 0 Å². The van der Waals surface area contributed by atoms with Gasteiger partial charge < -0.3 is 13.7 Å². The lowest BCUT2D eigenvalue weighted by Crippen LogP contribution is -2.11. The normalized spacial score (nSPS) is 11.4. The lowest BCUT2D eigenvalue weighted by atomic mass is 9.93. The van der Waals surface area contributed by atoms with Crippen LogP contribution >= 0.6 is 0 Å². The minimum atomic E-state index is 0.558. The first-order chi connectivity index (χ1) is 26.3. The standard InChI is InChI=1S/C49H32N2O2/c1-5-15-33(16-6-1)34-25-27-38(28-26-34)51(39-29-30-40(35-17-7-2-8-18-35)42(31-39)36-19-9-3-10-20-36)46-47-43(41-23-13-14-24-45(41)52-47)32-44-48(46)53-49(50-44)37-21-11-4-12-22-37/h1-32H. The molecular formula is C49H32N2O2. The second kappa shape index (κ2) is 12.9. The smallest absolute Gasteiger partial charge is 0.227 e. The zero-order valence-electron chi connectivity index (χ0n) is 28.7. The number of furan rings is 1. The maximum atomic E-state index is 6.80. The zero-order chi connectivity index (χ0) is 35.1. The van der Waals surface area contributed by atoms with Gasteiger partial charge in [-0.2, -0.15) is 0 Å². The molecule has 0 aliphatic heterocycles. The van der Waals surface area contributed by atoms with Gasteiger partial charge in [0.05, 0.1) is 0 Å². The van der Waals surface area contributed by atoms with Crippen molar-refractivity contribution in [3.05, 3.63) is 194 Å². The average Bonchev–Trinajstić information content (AvgIpc) is 3.84. The van der Waals surface area contributed by atoms with E-state index < -0.39 is 0 Å². The SMILES string of the molecule is c1ccc(-c2ccc(N(c3ccc(-c4ccccc4)c(-c4ccccc4)c3)c3c4oc(-c5ccccc5)nc4cc4c3oc3ccccc34)cc2)cc1. The highest BCUT2D eigenvalue weighted by Crippen LogP contribution is 2.49. The third-order valence-corrected chi connectivity index (χ3v) is 9.91. The number of hydrogen-bond acceptors (Lipinski definition) is 4. The summed E-state index contributed by atoms with van der Waals surface area (Å²) in [7, 11) is 0. The van der Waals surface area contributed by atoms with Crippen molar-refractivity contribution in [1.29, 1.82) is 0 Å². The fourth-order valence-electron chi connectivity index (χ4n) is 7.37. The molecule has 0 bridgehead atoms. The van der Waals surface area contributed by atoms with Gasteiger partial charge in [0, 0.05) is 27.7 Å². The van der Waals surface area contributed by atoms with Crippen molar-refractivity contribution < 1.29 is 8.83 Å². The molecule has 0 atom stereocenters. The maximum Gasteiger partial charge on any atom is 0.227 e. The number of hydrogen-bond donors (Lipinski definition) is 0. The molecule has 0 N–H and O–H groups in total. The van der Waals surface area contributed by atoms with Gasteiger partial charge in [-0.15, -0.1) is 0 Å². The van der Waals surface area contributed by atoms with Gasteiger partial charge in [0.15, 0.2) is 11.2 Å². The van der Waals surface area contributed by atoms with Crippen LogP contribution in [0.2, 0.25) is 0 Å². The molecule has 4 heteroatoms. The molecule has 4 nitrogen and oxygen atoms in total. The Morgan fingerprint density at radius 3 is 1.60 bits per heavy atom. The number of aromatic nitrogens is 1. The Morgan fingerprint density at radius 2 is 0.925 bits per heavy atom. The minimum absolute atomic E-state index is 0.558. The van der Waals surface area contributed by atoms with Crippen LogP contribution in [0.5, 0.6) is 0 Å². The molecular weight excluding hydrogens is 649 g/mol. The van der Waals surface area contributed by atoms with E-state index in [-0.39, 0.29) is 0 Å². The fourth-order valence-corrected chi connectivity index (χ4v) is 7.37. The van der Waals surface area contributed by atoms with Gasteiger partial charge in [-0.3, -0.25) is 0 Å². The van der Waals surface area contributed by atoms with E-state index in [0.717, 1.165) is 83.5 Å². The summed E-state index contributed by atoms with van der Waals surface area (Å²) < 4.78 is 13.6. The van der Waals surface area contributed by atoms with Gasteiger partial charge in [-0.1, -0.05) is 146 Å². The summed E-state index contributed by atoms with van der Waals surface area (Å²) >= 11 is 0. The maximum absolute atomic E-state index is 6.80. The Hall–Kier alpha value is -7.17. The number of para-hydroxylation sites is 1. The van der Waals surface area contributed by atoms with E-state index in [1.165, 1.54) is 0 Å². The Kier molecular flexibility index (Phi) is 7.43. The number of fused-ring (bicyclic) bond motifs is 4. The highest BCUT2D eigenvalue weighted by Gasteiger charge is 2.27. The van der Waals surface area contributed by atoms with E-state index in [0.29, 0.717) is 11.5 Å². The molecule has 2 heterocycles. The van der Waals surface area contributed by atoms with Crippen molar-refractivity contribution in [1.82, 2.24) is 4.98 Å². The lowest BCUT2D eigenvalue weighted by Gasteiger charge is -2.27. The molecule has 8 aromatic carbocycles. The van der Waals surface area contributed by atoms with Crippen LogP contribution in [0, 0.1) is 0 Å². The monoisotopic (exact) mass is 680 g/mol. The molecule has 0 fully saturated rings. The number of benzene rings is 8. The topological polar surface area (TPSA) is 42.4 Å². The van der Waals surface area contributed by atoms with Crippen LogP contribution in [0.15, 0.2) is 203 Å². The van der Waals surface area contributed by atoms with Crippen molar-refractivity contribution >= 4 is 50.1 Å². The fraction of sp³-hybridized carbons (Fsp3) is 0. The predicted octanol–water partition coefficient (Wildman–Crippen LogP) is 13.9. The van der Waals surface area contributed by atoms with E-state index in [9.17, 15) is 0 Å². The molecule has 2 aromatic heterocycles. The molecule has 0 aliphatic rings. The van der Waals surface area contributed by atoms with Crippen molar-refractivity contribution in [2.45, 2.75) is 0 Å². The molecule has 0 radical (unpaired) electrons. The number of oxazole rings is 1. The third kappa shape index (κ3) is 5.45. The van der Waals surface area contributed by atoms with E-state index in [2.05, 4.69) is 144 Å². The van der Waals surface area contributed by atoms with Gasteiger partial charge in [0.1, 0.15) is 16.8 Å². The van der Waals surface area contributed by atoms with Crippen molar-refractivity contribution in [3.8, 4) is 44.8 Å². The van der Waals surface area contributed by atoms with Crippen LogP contribution in [0.3, 0.4) is 0 Å². The van der Waals surface area contributed by atoms with Crippen LogP contribution < -0.4 is 4.90 Å². The number of rotatable bonds is 7. The zero-order valence-corrected chi connectivity index (χ0v) is 28.7. The summed E-state index contributed by atoms with van der Waals surface area (Å²) in [5.41, 5.74) is 13.4. The minimum Gasteiger partial charge on any atom is -0.454 e. The Balaban J connectivity index is 1.28. The molecule has 0 saturated carbocycles. The molecule has 0 saturated heterocycles. The van der Waals surface area contributed by atoms with E-state index in [1.54, 1.807) is 0 Å². The molecule has 0 unspecified atom stereocenters. The summed E-state index contributed by atoms with van der Waals surface area (Å²) in [5.74, 6) is 0.558. The Bertz CT molecular complexity index is 2860. The predicted molar refractivity (Wildman–Crippen MR) is 218 cm³/mol. The summed E-state index contributed by atoms with van der Waals surface area (Å²) in [4.78, 5) is 7.35. The highest BCUT2D eigenvalue weighted by molar-refractivity contribution is 6.17. The second-order valence-corrected chi connectivity index (χ2v) is 13.1. The van der Waals surface area contributed by atoms with Crippen LogP contribution in [0.4, 0.5) is 17.1 Å². The summed E-state index contributed by atoms with van der Waals surface area (Å²) in [6.07, 6.45) is 0. The molecule has 0 amide bonds. The van der Waals surface area contributed by atoms with Crippen LogP contribution in [0.1, 0.15) is 0 Å². The first-order valence-electron chi connectivity index (χ1n) is 17.8. The van der Waals surface area contributed by atoms with Gasteiger partial charge in [0.25, 0.3) is 0 Å².